The van der Waals surface area contributed by atoms with Gasteiger partial charge in [-0.1, -0.05) is 19.6 Å². The molecule has 1 heterocycles. The number of carbonyl (C=O) groups is 1. The molecule has 0 aromatic carbocycles. The van der Waals surface area contributed by atoms with Crippen LogP contribution in [-0.2, 0) is 26.7 Å². The zero-order valence-electron chi connectivity index (χ0n) is 11.3. The lowest BCUT2D eigenvalue weighted by molar-refractivity contribution is 0.0720. The largest absolute Gasteiger partial charge is 0.418 e. The first-order chi connectivity index (χ1) is 8.79. The minimum atomic E-state index is -1.96. The highest BCUT2D eigenvalue weighted by Gasteiger charge is 2.15. The third-order valence-corrected chi connectivity index (χ3v) is 4.92. The number of hydrogen-bond donors (Lipinski definition) is 1. The zero-order chi connectivity index (χ0) is 14.5. The summed E-state index contributed by atoms with van der Waals surface area (Å²) in [6.45, 7) is 7.56. The molecule has 0 aliphatic heterocycles. The van der Waals surface area contributed by atoms with Crippen molar-refractivity contribution in [3.05, 3.63) is 12.3 Å². The molecule has 0 bridgehead atoms. The van der Waals surface area contributed by atoms with Gasteiger partial charge in [0.25, 0.3) is 11.1 Å². The van der Waals surface area contributed by atoms with Crippen LogP contribution in [-0.4, -0.2) is 34.8 Å². The summed E-state index contributed by atoms with van der Waals surface area (Å²) in [6, 6.07) is 2.52. The molecule has 1 amide bonds. The van der Waals surface area contributed by atoms with E-state index in [9.17, 15) is 9.00 Å². The molecule has 1 aromatic heterocycles. The van der Waals surface area contributed by atoms with Gasteiger partial charge in [0.1, 0.15) is 6.73 Å². The van der Waals surface area contributed by atoms with E-state index < -0.39 is 25.2 Å². The Morgan fingerprint density at radius 2 is 2.21 bits per heavy atom. The molecule has 0 unspecified atom stereocenters. The minimum absolute atomic E-state index is 0.167. The first-order valence-electron chi connectivity index (χ1n) is 5.79. The van der Waals surface area contributed by atoms with Gasteiger partial charge >= 0.3 is 6.09 Å². The van der Waals surface area contributed by atoms with E-state index in [0.29, 0.717) is 6.61 Å². The molecule has 2 N–H and O–H groups in total. The molecule has 7 nitrogen and oxygen atoms in total. The standard InChI is InChI=1S/C10H19N3O4SSi/c1-19(2,3)7-6-16-8-13-9(4-5-12-13)18(15)17-10(11)14/h4-5H,6-8H2,1-3H3,(H2,11,14)/t18-/m0/s1. The summed E-state index contributed by atoms with van der Waals surface area (Å²) in [6.07, 6.45) is 0.366. The maximum atomic E-state index is 11.6. The van der Waals surface area contributed by atoms with Crippen LogP contribution in [0.5, 0.6) is 0 Å². The monoisotopic (exact) mass is 305 g/mol. The lowest BCUT2D eigenvalue weighted by Gasteiger charge is -2.15. The molecule has 1 aromatic rings. The number of aromatic nitrogens is 2. The Morgan fingerprint density at radius 1 is 1.53 bits per heavy atom. The number of carbonyl (C=O) groups excluding carboxylic acids is 1. The molecule has 0 aliphatic carbocycles. The summed E-state index contributed by atoms with van der Waals surface area (Å²) < 4.78 is 22.9. The van der Waals surface area contributed by atoms with Crippen LogP contribution >= 0.6 is 0 Å². The van der Waals surface area contributed by atoms with Gasteiger partial charge in [-0.3, -0.25) is 0 Å². The van der Waals surface area contributed by atoms with Gasteiger partial charge in [0, 0.05) is 14.7 Å². The molecule has 0 aliphatic rings. The molecule has 0 saturated heterocycles. The highest BCUT2D eigenvalue weighted by molar-refractivity contribution is 7.80. The van der Waals surface area contributed by atoms with Crippen LogP contribution in [0.1, 0.15) is 0 Å². The Labute approximate surface area is 115 Å². The van der Waals surface area contributed by atoms with E-state index in [-0.39, 0.29) is 11.8 Å². The number of hydrogen-bond acceptors (Lipinski definition) is 5. The highest BCUT2D eigenvalue weighted by Crippen LogP contribution is 2.10. The summed E-state index contributed by atoms with van der Waals surface area (Å²) in [5.41, 5.74) is 4.81. The van der Waals surface area contributed by atoms with E-state index in [0.717, 1.165) is 6.04 Å². The third kappa shape index (κ3) is 5.99. The molecule has 0 saturated carbocycles. The summed E-state index contributed by atoms with van der Waals surface area (Å²) in [4.78, 5) is 10.5. The molecule has 9 heteroatoms. The van der Waals surface area contributed by atoms with Gasteiger partial charge in [0.15, 0.2) is 5.03 Å². The molecule has 1 rings (SSSR count). The van der Waals surface area contributed by atoms with Crippen LogP contribution in [0.3, 0.4) is 0 Å². The Kier molecular flexibility index (Phi) is 5.70. The van der Waals surface area contributed by atoms with Gasteiger partial charge in [-0.05, 0) is 12.1 Å². The summed E-state index contributed by atoms with van der Waals surface area (Å²) in [5, 5.41) is 4.20. The van der Waals surface area contributed by atoms with E-state index in [2.05, 4.69) is 28.9 Å². The first-order valence-corrected chi connectivity index (χ1v) is 10.6. The minimum Gasteiger partial charge on any atom is -0.359 e. The fourth-order valence-corrected chi connectivity index (χ4v) is 2.64. The van der Waals surface area contributed by atoms with Crippen molar-refractivity contribution in [2.75, 3.05) is 6.61 Å². The van der Waals surface area contributed by atoms with Crippen molar-refractivity contribution in [1.29, 1.82) is 0 Å². The number of nitrogens with two attached hydrogens (primary N) is 1. The van der Waals surface area contributed by atoms with Crippen LogP contribution in [0.25, 0.3) is 0 Å². The van der Waals surface area contributed by atoms with Gasteiger partial charge in [-0.15, -0.1) is 0 Å². The number of primary amides is 1. The average molecular weight is 305 g/mol. The average Bonchev–Trinajstić information content (AvgIpc) is 2.70. The lowest BCUT2D eigenvalue weighted by Crippen LogP contribution is -2.22. The number of nitrogens with zero attached hydrogens (tertiary/aromatic N) is 2. The summed E-state index contributed by atoms with van der Waals surface area (Å²) in [7, 11) is -1.14. The number of rotatable bonds is 7. The third-order valence-electron chi connectivity index (χ3n) is 2.22. The summed E-state index contributed by atoms with van der Waals surface area (Å²) >= 11 is -1.96. The van der Waals surface area contributed by atoms with Crippen LogP contribution in [0.2, 0.25) is 25.7 Å². The molecule has 19 heavy (non-hydrogen) atoms. The van der Waals surface area contributed by atoms with Crippen molar-refractivity contribution in [3.8, 4) is 0 Å². The molecule has 0 fully saturated rings. The molecule has 108 valence electrons. The van der Waals surface area contributed by atoms with Crippen molar-refractivity contribution in [2.45, 2.75) is 37.4 Å². The molecular formula is C10H19N3O4SSi. The van der Waals surface area contributed by atoms with E-state index in [4.69, 9.17) is 10.5 Å². The topological polar surface area (TPSA) is 96.4 Å². The second kappa shape index (κ2) is 6.82. The lowest BCUT2D eigenvalue weighted by atomic mass is 10.7. The van der Waals surface area contributed by atoms with Gasteiger partial charge in [-0.2, -0.15) is 5.10 Å². The Balaban J connectivity index is 2.49. The smallest absolute Gasteiger partial charge is 0.359 e. The van der Waals surface area contributed by atoms with E-state index in [1.54, 1.807) is 0 Å². The highest BCUT2D eigenvalue weighted by atomic mass is 32.2. The van der Waals surface area contributed by atoms with Crippen molar-refractivity contribution >= 4 is 25.2 Å². The number of ether oxygens (including phenoxy) is 1. The van der Waals surface area contributed by atoms with Crippen molar-refractivity contribution < 1.29 is 17.9 Å². The molecule has 1 atom stereocenters. The number of amides is 1. The SMILES string of the molecule is C[Si](C)(C)CCOCn1nccc1[S@@](=O)OC(N)=O. The van der Waals surface area contributed by atoms with Crippen LogP contribution in [0.4, 0.5) is 4.79 Å². The zero-order valence-corrected chi connectivity index (χ0v) is 13.1. The molecule has 0 radical (unpaired) electrons. The van der Waals surface area contributed by atoms with Crippen LogP contribution in [0.15, 0.2) is 17.3 Å². The summed E-state index contributed by atoms with van der Waals surface area (Å²) in [5.74, 6) is 0. The fourth-order valence-electron chi connectivity index (χ4n) is 1.21. The Bertz CT molecular complexity index is 458. The second-order valence-electron chi connectivity index (χ2n) is 5.15. The Hall–Kier alpha value is -1.19. The Morgan fingerprint density at radius 3 is 2.79 bits per heavy atom. The van der Waals surface area contributed by atoms with Crippen LogP contribution < -0.4 is 5.73 Å². The van der Waals surface area contributed by atoms with Gasteiger partial charge < -0.3 is 14.7 Å². The molecule has 0 spiro atoms. The first kappa shape index (κ1) is 15.9. The van der Waals surface area contributed by atoms with E-state index >= 15 is 0 Å². The maximum Gasteiger partial charge on any atom is 0.418 e. The molecular weight excluding hydrogens is 286 g/mol. The van der Waals surface area contributed by atoms with E-state index in [1.165, 1.54) is 16.9 Å². The van der Waals surface area contributed by atoms with Gasteiger partial charge in [0.05, 0.1) is 6.20 Å². The predicted molar refractivity (Wildman–Crippen MR) is 73.4 cm³/mol. The van der Waals surface area contributed by atoms with Crippen LogP contribution in [0, 0.1) is 0 Å². The quantitative estimate of drug-likeness (QED) is 0.605. The van der Waals surface area contributed by atoms with E-state index in [1.807, 2.05) is 0 Å². The van der Waals surface area contributed by atoms with Crippen molar-refractivity contribution in [2.24, 2.45) is 5.73 Å². The fraction of sp³-hybridized carbons (Fsp3) is 0.600. The van der Waals surface area contributed by atoms with Gasteiger partial charge in [0.2, 0.25) is 0 Å². The van der Waals surface area contributed by atoms with Crippen molar-refractivity contribution in [3.63, 3.8) is 0 Å². The van der Waals surface area contributed by atoms with Crippen molar-refractivity contribution in [1.82, 2.24) is 9.78 Å². The predicted octanol–water partition coefficient (Wildman–Crippen LogP) is 1.31. The normalized spacial score (nSPS) is 13.2. The van der Waals surface area contributed by atoms with Gasteiger partial charge in [-0.25, -0.2) is 13.7 Å². The maximum absolute atomic E-state index is 11.6. The second-order valence-corrected chi connectivity index (χ2v) is 11.8.